The average Bonchev–Trinajstić information content (AvgIpc) is 3.85. The molecule has 0 fully saturated rings. The van der Waals surface area contributed by atoms with Gasteiger partial charge in [0.1, 0.15) is 0 Å². The van der Waals surface area contributed by atoms with Crippen molar-refractivity contribution in [3.8, 4) is 22.3 Å². The maximum Gasteiger partial charge on any atom is -0.0114 e. The van der Waals surface area contributed by atoms with Crippen LogP contribution < -0.4 is 24.8 Å². The minimum atomic E-state index is 0. The zero-order valence-corrected chi connectivity index (χ0v) is 40.9. The molecule has 0 radical (unpaired) electrons. The molecule has 0 amide bonds. The van der Waals surface area contributed by atoms with Crippen molar-refractivity contribution >= 4 is 55.1 Å². The van der Waals surface area contributed by atoms with Crippen LogP contribution in [0.1, 0.15) is 58.2 Å². The number of halogens is 2. The second kappa shape index (κ2) is 19.4. The summed E-state index contributed by atoms with van der Waals surface area (Å²) in [4.78, 5) is 1.34. The van der Waals surface area contributed by atoms with E-state index in [0.29, 0.717) is 11.2 Å². The van der Waals surface area contributed by atoms with Gasteiger partial charge in [-0.1, -0.05) is 174 Å². The minimum Gasteiger partial charge on any atom is -1.00 e. The predicted octanol–water partition coefficient (Wildman–Crippen LogP) is 9.46. The molecule has 1 unspecified atom stereocenters. The van der Waals surface area contributed by atoms with Gasteiger partial charge in [-0.3, -0.25) is 0 Å². The predicted molar refractivity (Wildman–Crippen MR) is 246 cm³/mol. The van der Waals surface area contributed by atoms with Crippen molar-refractivity contribution in [3.05, 3.63) is 178 Å². The molecular weight excluding hydrogens is 859 g/mol. The molecule has 1 heterocycles. The second-order valence-corrected chi connectivity index (χ2v) is 27.5. The fourth-order valence-electron chi connectivity index (χ4n) is 7.84. The zero-order chi connectivity index (χ0) is 39.7. The zero-order valence-electron chi connectivity index (χ0n) is 35.1. The number of hydrogen-bond acceptors (Lipinski definition) is 1. The van der Waals surface area contributed by atoms with Gasteiger partial charge in [0.05, 0.1) is 0 Å². The summed E-state index contributed by atoms with van der Waals surface area (Å²) >= 11 is 3.69. The molecule has 0 saturated heterocycles. The van der Waals surface area contributed by atoms with Gasteiger partial charge in [-0.25, -0.2) is 6.08 Å². The van der Waals surface area contributed by atoms with Gasteiger partial charge in [-0.2, -0.15) is 23.3 Å². The fourth-order valence-corrected chi connectivity index (χ4v) is 9.05. The van der Waals surface area contributed by atoms with E-state index in [1.807, 2.05) is 11.8 Å². The van der Waals surface area contributed by atoms with Gasteiger partial charge in [-0.05, 0) is 62.1 Å². The Hall–Kier alpha value is -3.30. The number of benzene rings is 6. The summed E-state index contributed by atoms with van der Waals surface area (Å²) in [6, 6.07) is 49.1. The molecule has 0 bridgehead atoms. The van der Waals surface area contributed by atoms with Crippen molar-refractivity contribution in [2.75, 3.05) is 0 Å². The maximum atomic E-state index is 3.60. The van der Waals surface area contributed by atoms with Gasteiger partial charge in [0.15, 0.2) is 0 Å². The van der Waals surface area contributed by atoms with Crippen molar-refractivity contribution in [2.24, 2.45) is 5.92 Å². The molecule has 5 heteroatoms. The number of thioether (sulfide) groups is 1. The Bertz CT molecular complexity index is 2670. The fraction of sp³-hybridized carbons (Fsp3) is 0.226. The molecule has 7 aromatic rings. The molecule has 58 heavy (non-hydrogen) atoms. The van der Waals surface area contributed by atoms with Gasteiger partial charge >= 0.3 is 41.9 Å². The monoisotopic (exact) mass is 908 g/mol. The van der Waals surface area contributed by atoms with Crippen molar-refractivity contribution in [1.29, 1.82) is 0 Å². The van der Waals surface area contributed by atoms with Crippen LogP contribution in [-0.2, 0) is 28.8 Å². The van der Waals surface area contributed by atoms with Crippen LogP contribution in [0.15, 0.2) is 156 Å². The van der Waals surface area contributed by atoms with Crippen molar-refractivity contribution in [3.63, 3.8) is 0 Å². The third-order valence-corrected chi connectivity index (χ3v) is 11.8. The summed E-state index contributed by atoms with van der Waals surface area (Å²) in [5, 5.41) is 8.31. The molecule has 0 aromatic heterocycles. The van der Waals surface area contributed by atoms with Crippen LogP contribution in [-0.4, -0.2) is 10.7 Å². The molecule has 0 nitrogen and oxygen atoms in total. The van der Waals surface area contributed by atoms with Gasteiger partial charge < -0.3 is 24.8 Å². The van der Waals surface area contributed by atoms with E-state index in [-0.39, 0.29) is 35.7 Å². The summed E-state index contributed by atoms with van der Waals surface area (Å²) in [7, 11) is 0. The van der Waals surface area contributed by atoms with E-state index in [1.165, 1.54) is 92.9 Å². The first-order valence-corrected chi connectivity index (χ1v) is 26.9. The quantitative estimate of drug-likeness (QED) is 0.125. The van der Waals surface area contributed by atoms with Crippen LogP contribution in [0.5, 0.6) is 0 Å². The molecule has 0 saturated carbocycles. The number of allylic oxidation sites excluding steroid dienone is 4. The van der Waals surface area contributed by atoms with Crippen molar-refractivity contribution < 1.29 is 48.1 Å². The molecule has 2 aliphatic rings. The van der Waals surface area contributed by atoms with Crippen molar-refractivity contribution in [2.45, 2.75) is 72.2 Å². The Morgan fingerprint density at radius 3 is 1.83 bits per heavy atom. The summed E-state index contributed by atoms with van der Waals surface area (Å²) in [6.07, 6.45) is 5.95. The van der Waals surface area contributed by atoms with Crippen LogP contribution in [0.25, 0.3) is 60.1 Å². The Morgan fingerprint density at radius 1 is 0.690 bits per heavy atom. The third kappa shape index (κ3) is 10.00. The molecule has 9 rings (SSSR count). The Kier molecular flexibility index (Phi) is 15.3. The van der Waals surface area contributed by atoms with Crippen LogP contribution in [0, 0.1) is 18.9 Å². The summed E-state index contributed by atoms with van der Waals surface area (Å²) in [5.74, 6) is 0.547. The largest absolute Gasteiger partial charge is 1.00 e. The number of aryl methyl sites for hydroxylation is 1. The van der Waals surface area contributed by atoms with E-state index in [2.05, 4.69) is 207 Å². The maximum absolute atomic E-state index is 3.60. The topological polar surface area (TPSA) is 0 Å². The first kappa shape index (κ1) is 45.8. The van der Waals surface area contributed by atoms with Crippen LogP contribution in [0.2, 0.25) is 13.1 Å². The Morgan fingerprint density at radius 2 is 1.24 bits per heavy atom. The molecule has 1 atom stereocenters. The second-order valence-electron chi connectivity index (χ2n) is 16.7. The molecule has 1 aliphatic heterocycles. The Balaban J connectivity index is 0.000000204. The number of hydrogen-bond donors (Lipinski definition) is 0. The SMILES string of the molecule is CC(C)C1=CC2=C(c3ccc(C(C)(C)C)cc3)C(C)SC2=[C-]1.C[Si](C)=[Zr+2].Cc1cc2c(-c3cccc4ccccc34)cc(-c3cccc4ccccc34)cc2[cH-]1.[Cl-].[Cl-]. The van der Waals surface area contributed by atoms with E-state index < -0.39 is 0 Å². The molecule has 1 aliphatic carbocycles. The molecule has 0 spiro atoms. The smallest absolute Gasteiger partial charge is 0.0114 e. The average molecular weight is 911 g/mol. The van der Waals surface area contributed by atoms with E-state index in [4.69, 9.17) is 0 Å². The number of rotatable bonds is 4. The van der Waals surface area contributed by atoms with Crippen molar-refractivity contribution in [1.82, 2.24) is 0 Å². The first-order chi connectivity index (χ1) is 26.8. The summed E-state index contributed by atoms with van der Waals surface area (Å²) < 4.78 is 0. The third-order valence-electron chi connectivity index (χ3n) is 10.6. The van der Waals surface area contributed by atoms with E-state index >= 15 is 0 Å². The van der Waals surface area contributed by atoms with E-state index in [0.717, 1.165) is 0 Å². The summed E-state index contributed by atoms with van der Waals surface area (Å²) in [5.41, 5.74) is 13.9. The number of fused-ring (bicyclic) bond motifs is 4. The van der Waals surface area contributed by atoms with E-state index in [1.54, 1.807) is 23.3 Å². The van der Waals surface area contributed by atoms with E-state index in [9.17, 15) is 0 Å². The molecular formula is C53H52Cl2SSiZr-2. The molecule has 0 N–H and O–H groups in total. The van der Waals surface area contributed by atoms with Gasteiger partial charge in [0.2, 0.25) is 0 Å². The van der Waals surface area contributed by atoms with Crippen LogP contribution in [0.3, 0.4) is 0 Å². The molecule has 294 valence electrons. The molecule has 7 aromatic carbocycles. The minimum absolute atomic E-state index is 0. The van der Waals surface area contributed by atoms with Crippen LogP contribution >= 0.6 is 11.8 Å². The van der Waals surface area contributed by atoms with Crippen LogP contribution in [0.4, 0.5) is 0 Å². The normalized spacial score (nSPS) is 14.5. The summed E-state index contributed by atoms with van der Waals surface area (Å²) in [6.45, 7) is 20.4. The Labute approximate surface area is 378 Å². The first-order valence-electron chi connectivity index (χ1n) is 19.9. The standard InChI is InChI=1S/C30H21.C21H25S.C2H6Si.2ClH.Zr/c1-20-16-23-18-24(27-14-6-10-21-8-2-4-12-25(21)27)19-30(29(23)17-20)28-15-7-11-22-9-3-5-13-26(22)28;1-13(2)16-11-18-19(12-16)22-14(3)20(18)15-7-9-17(10-8-15)21(4,5)6;1-3-2;;;/h2-19H,1H3;7-11,13-14H,1-6H3;1-2H3;2*1H;/q2*-1;;;;+2/p-2. The van der Waals surface area contributed by atoms with Gasteiger partial charge in [-0.15, -0.1) is 45.1 Å². The van der Waals surface area contributed by atoms with Gasteiger partial charge in [0.25, 0.3) is 0 Å². The van der Waals surface area contributed by atoms with Gasteiger partial charge in [0, 0.05) is 5.25 Å².